The number of nitrogens with one attached hydrogen (secondary N) is 1. The molecule has 2 heterocycles. The molecule has 2 aliphatic rings. The Morgan fingerprint density at radius 2 is 1.83 bits per heavy atom. The maximum absolute atomic E-state index is 13.2. The van der Waals surface area contributed by atoms with Crippen LogP contribution in [-0.4, -0.2) is 59.9 Å². The number of carbonyl (C=O) groups excluding carboxylic acids is 2. The number of methoxy groups -OCH3 is 1. The Morgan fingerprint density at radius 1 is 1.17 bits per heavy atom. The van der Waals surface area contributed by atoms with Gasteiger partial charge in [-0.25, -0.2) is 0 Å². The molecule has 1 aromatic rings. The van der Waals surface area contributed by atoms with Crippen molar-refractivity contribution in [3.63, 3.8) is 0 Å². The number of ether oxygens (including phenoxy) is 1. The minimum absolute atomic E-state index is 0.0419. The lowest BCUT2D eigenvalue weighted by Gasteiger charge is -2.52. The minimum atomic E-state index is -0.684. The number of piperidine rings is 1. The molecular formula is C23H35N3O3. The molecule has 3 rings (SSSR count). The van der Waals surface area contributed by atoms with Gasteiger partial charge >= 0.3 is 0 Å². The van der Waals surface area contributed by atoms with Crippen LogP contribution in [0.2, 0.25) is 0 Å². The smallest absolute Gasteiger partial charge is 0.246 e. The van der Waals surface area contributed by atoms with Gasteiger partial charge in [-0.05, 0) is 49.3 Å². The van der Waals surface area contributed by atoms with Gasteiger partial charge in [0.15, 0.2) is 0 Å². The first kappa shape index (κ1) is 21.6. The fourth-order valence-electron chi connectivity index (χ4n) is 4.62. The lowest BCUT2D eigenvalue weighted by atomic mass is 9.80. The van der Waals surface area contributed by atoms with E-state index in [1.165, 1.54) is 5.56 Å². The molecule has 2 amide bonds. The molecule has 2 fully saturated rings. The SMILES string of the molecule is CCCN1C(=O)C(CC(C)C)NC(=O)C12CCN(Cc1ccc(OC)cc1)CC2. The van der Waals surface area contributed by atoms with Crippen LogP contribution in [0.3, 0.4) is 0 Å². The van der Waals surface area contributed by atoms with E-state index in [1.54, 1.807) is 7.11 Å². The second-order valence-corrected chi connectivity index (χ2v) is 8.80. The maximum atomic E-state index is 13.2. The van der Waals surface area contributed by atoms with Crippen LogP contribution >= 0.6 is 0 Å². The van der Waals surface area contributed by atoms with Crippen molar-refractivity contribution < 1.29 is 14.3 Å². The Kier molecular flexibility index (Phi) is 6.83. The zero-order chi connectivity index (χ0) is 21.0. The van der Waals surface area contributed by atoms with E-state index in [-0.39, 0.29) is 17.9 Å². The first-order chi connectivity index (χ1) is 13.9. The molecule has 1 spiro atoms. The molecule has 29 heavy (non-hydrogen) atoms. The normalized spacial score (nSPS) is 22.2. The summed E-state index contributed by atoms with van der Waals surface area (Å²) in [6, 6.07) is 7.74. The number of hydrogen-bond donors (Lipinski definition) is 1. The Hall–Kier alpha value is -2.08. The average molecular weight is 402 g/mol. The summed E-state index contributed by atoms with van der Waals surface area (Å²) in [5.41, 5.74) is 0.546. The third-order valence-corrected chi connectivity index (χ3v) is 6.21. The first-order valence-electron chi connectivity index (χ1n) is 10.9. The van der Waals surface area contributed by atoms with Crippen molar-refractivity contribution in [2.75, 3.05) is 26.7 Å². The van der Waals surface area contributed by atoms with Gasteiger partial charge in [0.05, 0.1) is 7.11 Å². The third-order valence-electron chi connectivity index (χ3n) is 6.21. The molecule has 1 unspecified atom stereocenters. The highest BCUT2D eigenvalue weighted by Crippen LogP contribution is 2.34. The highest BCUT2D eigenvalue weighted by atomic mass is 16.5. The van der Waals surface area contributed by atoms with Gasteiger partial charge in [0, 0.05) is 26.2 Å². The monoisotopic (exact) mass is 401 g/mol. The fraction of sp³-hybridized carbons (Fsp3) is 0.652. The van der Waals surface area contributed by atoms with Gasteiger partial charge in [0.25, 0.3) is 0 Å². The molecule has 6 heteroatoms. The van der Waals surface area contributed by atoms with E-state index in [0.29, 0.717) is 31.7 Å². The summed E-state index contributed by atoms with van der Waals surface area (Å²) in [7, 11) is 1.67. The Morgan fingerprint density at radius 3 is 2.38 bits per heavy atom. The summed E-state index contributed by atoms with van der Waals surface area (Å²) in [5.74, 6) is 1.37. The molecule has 0 bridgehead atoms. The third kappa shape index (κ3) is 4.58. The molecule has 1 aromatic carbocycles. The summed E-state index contributed by atoms with van der Waals surface area (Å²) in [4.78, 5) is 30.7. The molecule has 0 aliphatic carbocycles. The largest absolute Gasteiger partial charge is 0.497 e. The van der Waals surface area contributed by atoms with Crippen LogP contribution in [0.15, 0.2) is 24.3 Å². The maximum Gasteiger partial charge on any atom is 0.246 e. The van der Waals surface area contributed by atoms with Crippen LogP contribution in [-0.2, 0) is 16.1 Å². The van der Waals surface area contributed by atoms with Gasteiger partial charge in [0.2, 0.25) is 11.8 Å². The number of amides is 2. The molecule has 160 valence electrons. The zero-order valence-electron chi connectivity index (χ0n) is 18.2. The Labute approximate surface area is 174 Å². The molecule has 1 atom stereocenters. The fourth-order valence-corrected chi connectivity index (χ4v) is 4.62. The van der Waals surface area contributed by atoms with Gasteiger partial charge in [-0.1, -0.05) is 32.9 Å². The number of nitrogens with zero attached hydrogens (tertiary/aromatic N) is 2. The highest BCUT2D eigenvalue weighted by Gasteiger charge is 2.53. The van der Waals surface area contributed by atoms with Crippen molar-refractivity contribution in [3.05, 3.63) is 29.8 Å². The van der Waals surface area contributed by atoms with E-state index in [4.69, 9.17) is 4.74 Å². The predicted molar refractivity (Wildman–Crippen MR) is 114 cm³/mol. The van der Waals surface area contributed by atoms with Crippen molar-refractivity contribution >= 4 is 11.8 Å². The topological polar surface area (TPSA) is 61.9 Å². The van der Waals surface area contributed by atoms with Gasteiger partial charge in [0.1, 0.15) is 17.3 Å². The first-order valence-corrected chi connectivity index (χ1v) is 10.9. The van der Waals surface area contributed by atoms with Crippen LogP contribution in [0, 0.1) is 5.92 Å². The van der Waals surface area contributed by atoms with Crippen LogP contribution < -0.4 is 10.1 Å². The molecule has 6 nitrogen and oxygen atoms in total. The van der Waals surface area contributed by atoms with Crippen molar-refractivity contribution in [1.82, 2.24) is 15.1 Å². The highest BCUT2D eigenvalue weighted by molar-refractivity contribution is 6.00. The predicted octanol–water partition coefficient (Wildman–Crippen LogP) is 2.81. The lowest BCUT2D eigenvalue weighted by molar-refractivity contribution is -0.161. The summed E-state index contributed by atoms with van der Waals surface area (Å²) in [5, 5.41) is 3.06. The van der Waals surface area contributed by atoms with Crippen LogP contribution in [0.25, 0.3) is 0 Å². The summed E-state index contributed by atoms with van der Waals surface area (Å²) in [6.45, 7) is 9.36. The van der Waals surface area contributed by atoms with Gasteiger partial charge in [-0.15, -0.1) is 0 Å². The van der Waals surface area contributed by atoms with E-state index in [2.05, 4.69) is 43.1 Å². The zero-order valence-corrected chi connectivity index (χ0v) is 18.2. The van der Waals surface area contributed by atoms with E-state index >= 15 is 0 Å². The summed E-state index contributed by atoms with van der Waals surface area (Å²) < 4.78 is 5.23. The van der Waals surface area contributed by atoms with E-state index in [9.17, 15) is 9.59 Å². The van der Waals surface area contributed by atoms with E-state index in [1.807, 2.05) is 17.0 Å². The van der Waals surface area contributed by atoms with Crippen molar-refractivity contribution in [2.45, 2.75) is 64.6 Å². The number of benzene rings is 1. The van der Waals surface area contributed by atoms with Crippen LogP contribution in [0.4, 0.5) is 0 Å². The van der Waals surface area contributed by atoms with Crippen LogP contribution in [0.1, 0.15) is 52.0 Å². The molecule has 2 saturated heterocycles. The molecule has 0 aromatic heterocycles. The molecule has 0 saturated carbocycles. The second-order valence-electron chi connectivity index (χ2n) is 8.80. The van der Waals surface area contributed by atoms with E-state index < -0.39 is 5.54 Å². The van der Waals surface area contributed by atoms with Crippen molar-refractivity contribution in [3.8, 4) is 5.75 Å². The molecule has 1 N–H and O–H groups in total. The lowest BCUT2D eigenvalue weighted by Crippen LogP contribution is -2.73. The number of hydrogen-bond acceptors (Lipinski definition) is 4. The minimum Gasteiger partial charge on any atom is -0.497 e. The molecular weight excluding hydrogens is 366 g/mol. The standard InChI is InChI=1S/C23H35N3O3/c1-5-12-26-21(27)20(15-17(2)3)24-22(28)23(26)10-13-25(14-11-23)16-18-6-8-19(29-4)9-7-18/h6-9,17,20H,5,10-16H2,1-4H3,(H,24,28). The van der Waals surface area contributed by atoms with Crippen molar-refractivity contribution in [2.24, 2.45) is 5.92 Å². The van der Waals surface area contributed by atoms with E-state index in [0.717, 1.165) is 31.8 Å². The number of likely N-dealkylation sites (tertiary alicyclic amines) is 1. The van der Waals surface area contributed by atoms with Crippen molar-refractivity contribution in [1.29, 1.82) is 0 Å². The number of rotatable bonds is 7. The Balaban J connectivity index is 1.69. The van der Waals surface area contributed by atoms with Crippen LogP contribution in [0.5, 0.6) is 5.75 Å². The Bertz CT molecular complexity index is 709. The average Bonchev–Trinajstić information content (AvgIpc) is 2.71. The number of piperazine rings is 1. The summed E-state index contributed by atoms with van der Waals surface area (Å²) in [6.07, 6.45) is 2.94. The molecule has 2 aliphatic heterocycles. The van der Waals surface area contributed by atoms with Gasteiger partial charge in [-0.2, -0.15) is 0 Å². The number of carbonyl (C=O) groups is 2. The quantitative estimate of drug-likeness (QED) is 0.763. The summed E-state index contributed by atoms with van der Waals surface area (Å²) >= 11 is 0. The molecule has 0 radical (unpaired) electrons. The second kappa shape index (κ2) is 9.16. The van der Waals surface area contributed by atoms with Gasteiger partial charge in [-0.3, -0.25) is 14.5 Å². The van der Waals surface area contributed by atoms with Gasteiger partial charge < -0.3 is 15.0 Å².